The Labute approximate surface area is 330 Å². The number of halogens is 8. The summed E-state index contributed by atoms with van der Waals surface area (Å²) in [6.45, 7) is 6.72. The van der Waals surface area contributed by atoms with E-state index in [-0.39, 0.29) is 19.8 Å². The predicted molar refractivity (Wildman–Crippen MR) is 187 cm³/mol. The molecule has 4 aliphatic carbocycles. The van der Waals surface area contributed by atoms with Crippen LogP contribution < -0.4 is 15.8 Å². The van der Waals surface area contributed by atoms with Crippen LogP contribution in [-0.2, 0) is 33.8 Å². The minimum atomic E-state index is -2.97. The van der Waals surface area contributed by atoms with Crippen molar-refractivity contribution in [1.29, 1.82) is 0 Å². The zero-order chi connectivity index (χ0) is 44.5. The molecule has 8 N–H and O–H groups in total. The Morgan fingerprint density at radius 3 is 1.72 bits per heavy atom. The number of aliphatic hydroxyl groups is 1. The highest BCUT2D eigenvalue weighted by Crippen LogP contribution is 2.63. The Kier molecular flexibility index (Phi) is 16.5. The fourth-order valence-electron chi connectivity index (χ4n) is 8.38. The summed E-state index contributed by atoms with van der Waals surface area (Å²) in [5.41, 5.74) is 0. The van der Waals surface area contributed by atoms with Gasteiger partial charge in [-0.1, -0.05) is 13.8 Å². The van der Waals surface area contributed by atoms with Crippen LogP contribution in [0, 0.1) is 47.3 Å². The van der Waals surface area contributed by atoms with E-state index in [1.165, 1.54) is 27.6 Å². The number of carbonyl (C=O) groups is 3. The monoisotopic (exact) mass is 856 g/mol. The van der Waals surface area contributed by atoms with Gasteiger partial charge in [0.1, 0.15) is 31.1 Å². The van der Waals surface area contributed by atoms with Crippen LogP contribution in [0.25, 0.3) is 0 Å². The molecule has 0 aromatic heterocycles. The summed E-state index contributed by atoms with van der Waals surface area (Å²) in [5.74, 6) is -21.5. The van der Waals surface area contributed by atoms with Gasteiger partial charge in [0.2, 0.25) is 11.8 Å². The number of amides is 2. The molecule has 2 amide bonds. The van der Waals surface area contributed by atoms with Crippen LogP contribution in [0.3, 0.4) is 0 Å². The summed E-state index contributed by atoms with van der Waals surface area (Å²) in [6, 6.07) is -3.44. The van der Waals surface area contributed by atoms with Crippen LogP contribution in [0.4, 0.5) is 35.1 Å². The number of esters is 1. The second-order valence-electron chi connectivity index (χ2n) is 15.1. The second kappa shape index (κ2) is 19.1. The first-order valence-electron chi connectivity index (χ1n) is 18.6. The number of rotatable bonds is 16. The van der Waals surface area contributed by atoms with Crippen molar-refractivity contribution >= 4 is 38.9 Å². The summed E-state index contributed by atoms with van der Waals surface area (Å²) >= 11 is 0. The van der Waals surface area contributed by atoms with Gasteiger partial charge in [-0.15, -0.1) is 0 Å². The molecule has 0 aromatic carbocycles. The van der Waals surface area contributed by atoms with Gasteiger partial charge in [-0.05, 0) is 33.3 Å². The highest BCUT2D eigenvalue weighted by Gasteiger charge is 2.81. The minimum absolute atomic E-state index is 0.163. The van der Waals surface area contributed by atoms with Crippen molar-refractivity contribution < 1.29 is 94.3 Å². The first-order valence-corrected chi connectivity index (χ1v) is 18.6. The molecule has 0 radical (unpaired) electrons. The van der Waals surface area contributed by atoms with E-state index in [1.807, 2.05) is 0 Å². The molecule has 16 nitrogen and oxygen atoms in total. The van der Waals surface area contributed by atoms with E-state index in [2.05, 4.69) is 35.2 Å². The van der Waals surface area contributed by atoms with Gasteiger partial charge in [-0.25, -0.2) is 49.8 Å². The molecule has 2 heterocycles. The van der Waals surface area contributed by atoms with Gasteiger partial charge in [0.25, 0.3) is 23.7 Å². The van der Waals surface area contributed by atoms with Gasteiger partial charge in [0.05, 0.1) is 50.7 Å². The third kappa shape index (κ3) is 10.2. The molecular weight excluding hydrogens is 805 g/mol. The standard InChI is InChI=1S/C9H16BF2NO3.C8H12BF2NO4.C8H16BF2NO2.C6H7F2NO3/c1-4-5-6(9(5,11)12)7(8(14)16-3)13-10(2)15;1-9(14)12-4(3-16-15-2)5-6(7(12)13)8(5,10)11;1-3-5-7(8(5,10)11)6(4-13)12-9(2)14;7-6(8)3-2(1-12-11)9-5(10)4(3)6/h5-7,13,15H,4H2,1-3H3;4-6,14H,3H2,1-2H3;5-7,12-14H,3-4H2,1-2H3;2-4,11H,1H2,(H,9,10). The second-order valence-corrected chi connectivity index (χ2v) is 15.1. The number of carbonyl (C=O) groups excluding carboxylic acids is 3. The van der Waals surface area contributed by atoms with E-state index in [9.17, 15) is 54.5 Å². The molecule has 2 saturated heterocycles. The third-order valence-electron chi connectivity index (χ3n) is 11.3. The van der Waals surface area contributed by atoms with Crippen molar-refractivity contribution in [3.8, 4) is 0 Å². The molecule has 6 rings (SSSR count). The molecule has 12 unspecified atom stereocenters. The van der Waals surface area contributed by atoms with Crippen LogP contribution in [0.2, 0.25) is 20.5 Å². The molecule has 0 bridgehead atoms. The number of nitrogens with one attached hydrogen (secondary N) is 3. The van der Waals surface area contributed by atoms with Crippen molar-refractivity contribution in [1.82, 2.24) is 20.6 Å². The number of alkyl halides is 8. The molecule has 27 heteroatoms. The molecule has 6 aliphatic rings. The van der Waals surface area contributed by atoms with E-state index >= 15 is 0 Å². The van der Waals surface area contributed by atoms with Crippen molar-refractivity contribution in [3.05, 3.63) is 0 Å². The number of aliphatic hydroxyl groups excluding tert-OH is 1. The Balaban J connectivity index is 0.000000208. The number of methoxy groups -OCH3 is 1. The third-order valence-corrected chi connectivity index (χ3v) is 11.3. The van der Waals surface area contributed by atoms with Crippen molar-refractivity contribution in [2.45, 2.75) is 95.0 Å². The van der Waals surface area contributed by atoms with Gasteiger partial charge in [0, 0.05) is 23.8 Å². The number of hydrogen-bond donors (Lipinski definition) is 8. The summed E-state index contributed by atoms with van der Waals surface area (Å²) < 4.78 is 109. The molecule has 6 fully saturated rings. The van der Waals surface area contributed by atoms with Crippen LogP contribution in [0.5, 0.6) is 0 Å². The normalized spacial score (nSPS) is 33.8. The summed E-state index contributed by atoms with van der Waals surface area (Å²) in [5, 5.41) is 51.7. The van der Waals surface area contributed by atoms with Gasteiger partial charge < -0.3 is 45.5 Å². The number of ether oxygens (including phenoxy) is 1. The van der Waals surface area contributed by atoms with E-state index in [4.69, 9.17) is 20.4 Å². The Morgan fingerprint density at radius 2 is 1.34 bits per heavy atom. The molecule has 332 valence electrons. The lowest BCUT2D eigenvalue weighted by atomic mass is 9.83. The number of nitrogens with zero attached hydrogens (tertiary/aromatic N) is 1. The van der Waals surface area contributed by atoms with E-state index in [0.29, 0.717) is 12.8 Å². The predicted octanol–water partition coefficient (Wildman–Crippen LogP) is 0.480. The van der Waals surface area contributed by atoms with Crippen LogP contribution >= 0.6 is 0 Å². The van der Waals surface area contributed by atoms with E-state index < -0.39 is 134 Å². The average molecular weight is 856 g/mol. The Hall–Kier alpha value is -2.36. The average Bonchev–Trinajstić information content (AvgIpc) is 4.03. The molecule has 58 heavy (non-hydrogen) atoms. The first kappa shape index (κ1) is 50.0. The maximum Gasteiger partial charge on any atom is 0.412 e. The largest absolute Gasteiger partial charge is 0.468 e. The zero-order valence-electron chi connectivity index (χ0n) is 32.8. The van der Waals surface area contributed by atoms with Crippen LogP contribution in [0.15, 0.2) is 0 Å². The SMILES string of the molecule is CCC1C(C(CO)NB(C)O)C1(F)F.CCC1C(C(NB(C)O)C(=O)OC)C1(F)F.COOCC1C2C(C(=O)N1B(C)O)C2(F)F.O=C1NC(COO)C2C1C2(F)F. The molecule has 0 spiro atoms. The van der Waals surface area contributed by atoms with Crippen molar-refractivity contribution in [2.75, 3.05) is 34.0 Å². The van der Waals surface area contributed by atoms with Crippen molar-refractivity contribution in [2.24, 2.45) is 47.3 Å². The van der Waals surface area contributed by atoms with Crippen molar-refractivity contribution in [3.63, 3.8) is 0 Å². The molecule has 0 aromatic rings. The quantitative estimate of drug-likeness (QED) is 0.0348. The highest BCUT2D eigenvalue weighted by molar-refractivity contribution is 6.49. The molecule has 12 atom stereocenters. The van der Waals surface area contributed by atoms with E-state index in [0.717, 1.165) is 11.9 Å². The van der Waals surface area contributed by atoms with Gasteiger partial charge in [-0.2, -0.15) is 0 Å². The smallest absolute Gasteiger partial charge is 0.412 e. The summed E-state index contributed by atoms with van der Waals surface area (Å²) in [7, 11) is -0.604. The zero-order valence-corrected chi connectivity index (χ0v) is 32.8. The Morgan fingerprint density at radius 1 is 0.828 bits per heavy atom. The topological polar surface area (TPSA) is 229 Å². The summed E-state index contributed by atoms with van der Waals surface area (Å²) in [4.78, 5) is 47.4. The Bertz CT molecular complexity index is 1430. The number of fused-ring (bicyclic) bond motifs is 2. The number of hydrogen-bond acceptors (Lipinski definition) is 14. The maximum absolute atomic E-state index is 13.3. The lowest BCUT2D eigenvalue weighted by molar-refractivity contribution is -0.279. The first-order chi connectivity index (χ1) is 26.8. The molecule has 4 saturated carbocycles. The fourth-order valence-corrected chi connectivity index (χ4v) is 8.38. The fraction of sp³-hybridized carbons (Fsp3) is 0.903. The van der Waals surface area contributed by atoms with E-state index in [1.54, 1.807) is 13.8 Å². The van der Waals surface area contributed by atoms with Gasteiger partial charge >= 0.3 is 27.1 Å². The molecule has 2 aliphatic heterocycles. The highest BCUT2D eigenvalue weighted by atomic mass is 19.3. The summed E-state index contributed by atoms with van der Waals surface area (Å²) in [6.07, 6.45) is 0.697. The molecular formula is C31H51B3F8N4O12. The van der Waals surface area contributed by atoms with Gasteiger partial charge in [0.15, 0.2) is 0 Å². The van der Waals surface area contributed by atoms with Crippen LogP contribution in [-0.4, -0.2) is 151 Å². The van der Waals surface area contributed by atoms with Crippen LogP contribution in [0.1, 0.15) is 26.7 Å². The maximum atomic E-state index is 13.3. The lowest BCUT2D eigenvalue weighted by Crippen LogP contribution is -2.50. The minimum Gasteiger partial charge on any atom is -0.468 e. The number of piperidine rings is 2. The lowest BCUT2D eigenvalue weighted by Gasteiger charge is -2.29. The van der Waals surface area contributed by atoms with Gasteiger partial charge in [-0.3, -0.25) is 19.6 Å².